The lowest BCUT2D eigenvalue weighted by atomic mass is 9.76. The molecule has 2 N–H and O–H groups in total. The summed E-state index contributed by atoms with van der Waals surface area (Å²) in [5.41, 5.74) is -2.38. The van der Waals surface area contributed by atoms with Gasteiger partial charge in [-0.3, -0.25) is 4.79 Å². The summed E-state index contributed by atoms with van der Waals surface area (Å²) >= 11 is 0. The zero-order chi connectivity index (χ0) is 16.0. The molecule has 0 aromatic rings. The summed E-state index contributed by atoms with van der Waals surface area (Å²) in [5.74, 6) is -1.27. The quantitative estimate of drug-likeness (QED) is 0.672. The predicted molar refractivity (Wildman–Crippen MR) is 83.4 cm³/mol. The molecule has 0 saturated heterocycles. The number of carbonyl (C=O) groups is 1. The summed E-state index contributed by atoms with van der Waals surface area (Å²) < 4.78 is 0. The smallest absolute Gasteiger partial charge is 0.144 e. The van der Waals surface area contributed by atoms with E-state index in [1.807, 2.05) is 26.0 Å². The third-order valence-electron chi connectivity index (χ3n) is 3.99. The third-order valence-corrected chi connectivity index (χ3v) is 3.99. The van der Waals surface area contributed by atoms with Crippen molar-refractivity contribution in [3.8, 4) is 0 Å². The van der Waals surface area contributed by atoms with Gasteiger partial charge in [-0.25, -0.2) is 0 Å². The van der Waals surface area contributed by atoms with E-state index in [9.17, 15) is 15.0 Å². The van der Waals surface area contributed by atoms with E-state index in [1.165, 1.54) is 0 Å². The summed E-state index contributed by atoms with van der Waals surface area (Å²) in [7, 11) is 0. The van der Waals surface area contributed by atoms with Crippen LogP contribution >= 0.6 is 0 Å². The van der Waals surface area contributed by atoms with E-state index >= 15 is 0 Å². The average molecular weight is 282 g/mol. The molecule has 3 heteroatoms. The van der Waals surface area contributed by atoms with Crippen molar-refractivity contribution < 1.29 is 15.0 Å². The number of hydrogen-bond donors (Lipinski definition) is 2. The number of aliphatic hydroxyl groups is 2. The van der Waals surface area contributed by atoms with Gasteiger partial charge >= 0.3 is 0 Å². The monoisotopic (exact) mass is 282 g/mol. The Labute approximate surface area is 123 Å². The molecule has 0 saturated carbocycles. The van der Waals surface area contributed by atoms with Crippen molar-refractivity contribution in [1.29, 1.82) is 0 Å². The first-order valence-electron chi connectivity index (χ1n) is 7.44. The van der Waals surface area contributed by atoms with Crippen molar-refractivity contribution in [1.82, 2.24) is 0 Å². The third kappa shape index (κ3) is 5.22. The van der Waals surface area contributed by atoms with E-state index in [1.54, 1.807) is 39.8 Å². The molecule has 0 aliphatic rings. The number of allylic oxidation sites excluding steroid dienone is 2. The minimum absolute atomic E-state index is 0.137. The van der Waals surface area contributed by atoms with Crippen molar-refractivity contribution in [2.24, 2.45) is 11.8 Å². The lowest BCUT2D eigenvalue weighted by Gasteiger charge is -2.33. The van der Waals surface area contributed by atoms with E-state index < -0.39 is 23.0 Å². The number of hydrogen-bond acceptors (Lipinski definition) is 3. The summed E-state index contributed by atoms with van der Waals surface area (Å²) in [6.07, 6.45) is 8.65. The maximum atomic E-state index is 12.5. The molecule has 4 atom stereocenters. The fourth-order valence-corrected chi connectivity index (χ4v) is 1.95. The van der Waals surface area contributed by atoms with Gasteiger partial charge in [0.15, 0.2) is 0 Å². The average Bonchev–Trinajstić information content (AvgIpc) is 2.40. The van der Waals surface area contributed by atoms with Crippen LogP contribution in [0, 0.1) is 11.8 Å². The van der Waals surface area contributed by atoms with Crippen molar-refractivity contribution in [3.63, 3.8) is 0 Å². The molecule has 0 fully saturated rings. The molecular formula is C17H30O3. The molecule has 116 valence electrons. The largest absolute Gasteiger partial charge is 0.385 e. The molecule has 0 aliphatic carbocycles. The van der Waals surface area contributed by atoms with Gasteiger partial charge in [-0.15, -0.1) is 0 Å². The highest BCUT2D eigenvalue weighted by Gasteiger charge is 2.39. The van der Waals surface area contributed by atoms with E-state index in [0.29, 0.717) is 0 Å². The number of rotatable bonds is 8. The molecule has 0 aromatic heterocycles. The van der Waals surface area contributed by atoms with E-state index in [-0.39, 0.29) is 5.78 Å². The van der Waals surface area contributed by atoms with Crippen LogP contribution in [-0.4, -0.2) is 27.2 Å². The van der Waals surface area contributed by atoms with Crippen LogP contribution in [0.3, 0.4) is 0 Å². The van der Waals surface area contributed by atoms with Crippen molar-refractivity contribution >= 4 is 5.78 Å². The Morgan fingerprint density at radius 2 is 1.25 bits per heavy atom. The SMILES string of the molecule is CCC=CC(C)(O)C(C)C(=O)C(C)C(C)(O)C=CCC. The lowest BCUT2D eigenvalue weighted by Crippen LogP contribution is -2.44. The van der Waals surface area contributed by atoms with E-state index in [0.717, 1.165) is 12.8 Å². The second kappa shape index (κ2) is 7.75. The van der Waals surface area contributed by atoms with Gasteiger partial charge < -0.3 is 10.2 Å². The van der Waals surface area contributed by atoms with Crippen LogP contribution in [0.25, 0.3) is 0 Å². The summed E-state index contributed by atoms with van der Waals surface area (Å²) in [5, 5.41) is 20.7. The molecule has 0 heterocycles. The minimum atomic E-state index is -1.19. The highest BCUT2D eigenvalue weighted by molar-refractivity contribution is 5.85. The van der Waals surface area contributed by atoms with Crippen LogP contribution in [0.1, 0.15) is 54.4 Å². The van der Waals surface area contributed by atoms with Crippen molar-refractivity contribution in [3.05, 3.63) is 24.3 Å². The van der Waals surface area contributed by atoms with Crippen LogP contribution in [0.5, 0.6) is 0 Å². The second-order valence-corrected chi connectivity index (χ2v) is 5.92. The van der Waals surface area contributed by atoms with Gasteiger partial charge in [0, 0.05) is 11.8 Å². The Morgan fingerprint density at radius 1 is 0.950 bits per heavy atom. The van der Waals surface area contributed by atoms with Gasteiger partial charge in [0.05, 0.1) is 11.2 Å². The zero-order valence-electron chi connectivity index (χ0n) is 13.7. The first-order valence-corrected chi connectivity index (χ1v) is 7.44. The fraction of sp³-hybridized carbons (Fsp3) is 0.706. The highest BCUT2D eigenvalue weighted by Crippen LogP contribution is 2.28. The van der Waals surface area contributed by atoms with Gasteiger partial charge in [-0.1, -0.05) is 52.0 Å². The summed E-state index contributed by atoms with van der Waals surface area (Å²) in [6.45, 7) is 10.6. The molecular weight excluding hydrogens is 252 g/mol. The minimum Gasteiger partial charge on any atom is -0.385 e. The van der Waals surface area contributed by atoms with E-state index in [4.69, 9.17) is 0 Å². The maximum Gasteiger partial charge on any atom is 0.144 e. The van der Waals surface area contributed by atoms with Gasteiger partial charge in [-0.05, 0) is 26.7 Å². The predicted octanol–water partition coefficient (Wildman–Crippen LogP) is 3.26. The van der Waals surface area contributed by atoms with Crippen LogP contribution in [0.4, 0.5) is 0 Å². The molecule has 0 spiro atoms. The second-order valence-electron chi connectivity index (χ2n) is 5.92. The number of Topliss-reactive ketones (excluding diaryl/α,β-unsaturated/α-hetero) is 1. The number of ketones is 1. The van der Waals surface area contributed by atoms with E-state index in [2.05, 4.69) is 0 Å². The van der Waals surface area contributed by atoms with Crippen LogP contribution in [-0.2, 0) is 4.79 Å². The summed E-state index contributed by atoms with van der Waals surface area (Å²) in [4.78, 5) is 12.5. The van der Waals surface area contributed by atoms with Gasteiger partial charge in [-0.2, -0.15) is 0 Å². The van der Waals surface area contributed by atoms with Crippen LogP contribution in [0.15, 0.2) is 24.3 Å². The molecule has 0 bridgehead atoms. The van der Waals surface area contributed by atoms with Crippen molar-refractivity contribution in [2.45, 2.75) is 65.6 Å². The lowest BCUT2D eigenvalue weighted by molar-refractivity contribution is -0.137. The standard InChI is InChI=1S/C17H30O3/c1-7-9-11-16(5,19)13(3)15(18)14(4)17(6,20)12-10-8-2/h9-14,19-20H,7-8H2,1-6H3. The Balaban J connectivity index is 5.06. The van der Waals surface area contributed by atoms with Crippen LogP contribution in [0.2, 0.25) is 0 Å². The Kier molecular flexibility index (Phi) is 7.39. The molecule has 4 unspecified atom stereocenters. The molecule has 0 amide bonds. The molecule has 3 nitrogen and oxygen atoms in total. The molecule has 0 aliphatic heterocycles. The molecule has 0 aromatic carbocycles. The van der Waals surface area contributed by atoms with Crippen molar-refractivity contribution in [2.75, 3.05) is 0 Å². The Bertz CT molecular complexity index is 330. The molecule has 0 rings (SSSR count). The molecule has 20 heavy (non-hydrogen) atoms. The Hall–Kier alpha value is -0.930. The first kappa shape index (κ1) is 19.1. The normalized spacial score (nSPS) is 21.6. The maximum absolute atomic E-state index is 12.5. The number of carbonyl (C=O) groups excluding carboxylic acids is 1. The fourth-order valence-electron chi connectivity index (χ4n) is 1.95. The first-order chi connectivity index (χ1) is 9.10. The Morgan fingerprint density at radius 3 is 1.50 bits per heavy atom. The zero-order valence-corrected chi connectivity index (χ0v) is 13.7. The molecule has 0 radical (unpaired) electrons. The van der Waals surface area contributed by atoms with Gasteiger partial charge in [0.25, 0.3) is 0 Å². The topological polar surface area (TPSA) is 57.5 Å². The summed E-state index contributed by atoms with van der Waals surface area (Å²) in [6, 6.07) is 0. The highest BCUT2D eigenvalue weighted by atomic mass is 16.3. The van der Waals surface area contributed by atoms with Gasteiger partial charge in [0.1, 0.15) is 5.78 Å². The van der Waals surface area contributed by atoms with Gasteiger partial charge in [0.2, 0.25) is 0 Å². The van der Waals surface area contributed by atoms with Crippen LogP contribution < -0.4 is 0 Å².